The molecule has 88 valence electrons. The molecule has 2 aliphatic rings. The predicted octanol–water partition coefficient (Wildman–Crippen LogP) is -0.321. The average molecular weight is 232 g/mol. The molecule has 2 fully saturated rings. The summed E-state index contributed by atoms with van der Waals surface area (Å²) in [5.74, 6) is 0. The van der Waals surface area contributed by atoms with Crippen molar-refractivity contribution in [2.45, 2.75) is 19.3 Å². The lowest BCUT2D eigenvalue weighted by Gasteiger charge is -2.34. The van der Waals surface area contributed by atoms with Crippen LogP contribution in [0, 0.1) is 0 Å². The van der Waals surface area contributed by atoms with Crippen molar-refractivity contribution in [2.75, 3.05) is 39.0 Å². The minimum Gasteiger partial charge on any atom is -0.298 e. The molecule has 0 radical (unpaired) electrons. The molecule has 0 aliphatic carbocycles. The first-order valence-electron chi connectivity index (χ1n) is 5.46. The van der Waals surface area contributed by atoms with Gasteiger partial charge in [-0.15, -0.1) is 0 Å². The van der Waals surface area contributed by atoms with Crippen LogP contribution in [0.3, 0.4) is 0 Å². The Labute approximate surface area is 95.6 Å². The second kappa shape index (κ2) is 5.47. The lowest BCUT2D eigenvalue weighted by Crippen LogP contribution is -2.50. The summed E-state index contributed by atoms with van der Waals surface area (Å²) < 4.78 is 2.41. The van der Waals surface area contributed by atoms with Gasteiger partial charge in [0.05, 0.1) is 6.17 Å². The van der Waals surface area contributed by atoms with Gasteiger partial charge in [0.15, 0.2) is 0 Å². The third kappa shape index (κ3) is 3.30. The molecule has 6 heteroatoms. The van der Waals surface area contributed by atoms with Crippen LogP contribution < -0.4 is 10.8 Å². The van der Waals surface area contributed by atoms with Gasteiger partial charge >= 0.3 is 0 Å². The summed E-state index contributed by atoms with van der Waals surface area (Å²) >= 11 is 1.84. The molecule has 0 aromatic rings. The molecule has 5 nitrogen and oxygen atoms in total. The van der Waals surface area contributed by atoms with E-state index in [4.69, 9.17) is 4.84 Å². The van der Waals surface area contributed by atoms with Crippen LogP contribution >= 0.6 is 11.9 Å². The first-order chi connectivity index (χ1) is 7.28. The summed E-state index contributed by atoms with van der Waals surface area (Å²) in [7, 11) is 0. The number of nitrogens with one attached hydrogen (secondary N) is 2. The Balaban J connectivity index is 1.68. The summed E-state index contributed by atoms with van der Waals surface area (Å²) in [6.45, 7) is 7.64. The molecule has 0 saturated carbocycles. The van der Waals surface area contributed by atoms with Gasteiger partial charge in [-0.25, -0.2) is 4.31 Å². The van der Waals surface area contributed by atoms with Gasteiger partial charge in [-0.05, 0) is 13.2 Å². The van der Waals surface area contributed by atoms with Crippen molar-refractivity contribution in [1.82, 2.24) is 20.0 Å². The lowest BCUT2D eigenvalue weighted by atomic mass is 10.3. The zero-order chi connectivity index (χ0) is 10.7. The van der Waals surface area contributed by atoms with Gasteiger partial charge in [0.2, 0.25) is 0 Å². The van der Waals surface area contributed by atoms with Gasteiger partial charge in [-0.3, -0.25) is 15.1 Å². The quantitative estimate of drug-likeness (QED) is 0.650. The average Bonchev–Trinajstić information content (AvgIpc) is 2.65. The van der Waals surface area contributed by atoms with Gasteiger partial charge in [0.25, 0.3) is 0 Å². The number of hydrogen-bond acceptors (Lipinski definition) is 6. The second-order valence-electron chi connectivity index (χ2n) is 4.01. The summed E-state index contributed by atoms with van der Waals surface area (Å²) in [5, 5.41) is 3.33. The Morgan fingerprint density at radius 1 is 1.33 bits per heavy atom. The molecule has 0 aromatic carbocycles. The predicted molar refractivity (Wildman–Crippen MR) is 62.1 cm³/mol. The Morgan fingerprint density at radius 3 is 2.60 bits per heavy atom. The van der Waals surface area contributed by atoms with Crippen molar-refractivity contribution in [3.8, 4) is 0 Å². The van der Waals surface area contributed by atoms with E-state index in [0.29, 0.717) is 0 Å². The van der Waals surface area contributed by atoms with E-state index >= 15 is 0 Å². The largest absolute Gasteiger partial charge is 0.298 e. The van der Waals surface area contributed by atoms with Crippen molar-refractivity contribution in [1.29, 1.82) is 0 Å². The van der Waals surface area contributed by atoms with E-state index in [1.165, 1.54) is 0 Å². The Kier molecular flexibility index (Phi) is 4.24. The molecular weight excluding hydrogens is 212 g/mol. The highest BCUT2D eigenvalue weighted by Gasteiger charge is 2.24. The molecule has 2 N–H and O–H groups in total. The number of piperazine rings is 1. The highest BCUT2D eigenvalue weighted by molar-refractivity contribution is 7.96. The Bertz CT molecular complexity index is 199. The van der Waals surface area contributed by atoms with E-state index in [0.717, 1.165) is 32.7 Å². The van der Waals surface area contributed by atoms with Crippen molar-refractivity contribution >= 4 is 11.9 Å². The van der Waals surface area contributed by atoms with Crippen LogP contribution in [0.25, 0.3) is 0 Å². The lowest BCUT2D eigenvalue weighted by molar-refractivity contribution is 0.0290. The highest BCUT2D eigenvalue weighted by atomic mass is 32.2. The number of rotatable bonds is 3. The molecule has 2 atom stereocenters. The molecular formula is C9H20N4OS. The number of hydroxylamine groups is 1. The van der Waals surface area contributed by atoms with Gasteiger partial charge in [0, 0.05) is 32.7 Å². The molecule has 0 amide bonds. The Hall–Kier alpha value is 0.150. The van der Waals surface area contributed by atoms with Crippen LogP contribution in [-0.4, -0.2) is 60.6 Å². The first kappa shape index (κ1) is 11.6. The number of hydrogen-bond donors (Lipinski definition) is 2. The minimum atomic E-state index is 0.127. The maximum absolute atomic E-state index is 5.25. The molecule has 0 spiro atoms. The SMILES string of the molecule is CSN1CCN(CC2NOC(C)N2)CC1. The van der Waals surface area contributed by atoms with Crippen LogP contribution in [0.5, 0.6) is 0 Å². The molecule has 2 aliphatic heterocycles. The van der Waals surface area contributed by atoms with E-state index in [9.17, 15) is 0 Å². The van der Waals surface area contributed by atoms with Crippen molar-refractivity contribution in [2.24, 2.45) is 0 Å². The van der Waals surface area contributed by atoms with Crippen LogP contribution in [0.1, 0.15) is 6.92 Å². The molecule has 2 saturated heterocycles. The van der Waals surface area contributed by atoms with Gasteiger partial charge in [-0.2, -0.15) is 5.48 Å². The Morgan fingerprint density at radius 2 is 2.07 bits per heavy atom. The fraction of sp³-hybridized carbons (Fsp3) is 1.00. The summed E-state index contributed by atoms with van der Waals surface area (Å²) in [6, 6.07) is 0. The van der Waals surface area contributed by atoms with Crippen molar-refractivity contribution in [3.05, 3.63) is 0 Å². The normalized spacial score (nSPS) is 34.8. The zero-order valence-corrected chi connectivity index (χ0v) is 10.2. The summed E-state index contributed by atoms with van der Waals surface area (Å²) in [6.07, 6.45) is 2.55. The van der Waals surface area contributed by atoms with Gasteiger partial charge in [0.1, 0.15) is 6.23 Å². The monoisotopic (exact) mass is 232 g/mol. The van der Waals surface area contributed by atoms with E-state index in [2.05, 4.69) is 26.3 Å². The maximum atomic E-state index is 5.25. The minimum absolute atomic E-state index is 0.127. The van der Waals surface area contributed by atoms with Crippen LogP contribution in [0.2, 0.25) is 0 Å². The molecule has 2 heterocycles. The van der Waals surface area contributed by atoms with Crippen LogP contribution in [0.4, 0.5) is 0 Å². The van der Waals surface area contributed by atoms with E-state index < -0.39 is 0 Å². The van der Waals surface area contributed by atoms with Crippen LogP contribution in [0.15, 0.2) is 0 Å². The van der Waals surface area contributed by atoms with E-state index in [1.54, 1.807) is 0 Å². The summed E-state index contributed by atoms with van der Waals surface area (Å²) in [5.41, 5.74) is 3.01. The maximum Gasteiger partial charge on any atom is 0.128 e. The standard InChI is InChI=1S/C9H20N4OS/c1-8-10-9(11-14-8)7-12-3-5-13(15-2)6-4-12/h8-11H,3-7H2,1-2H3. The summed E-state index contributed by atoms with van der Waals surface area (Å²) in [4.78, 5) is 7.72. The molecule has 2 rings (SSSR count). The van der Waals surface area contributed by atoms with Gasteiger partial charge < -0.3 is 0 Å². The third-order valence-corrected chi connectivity index (χ3v) is 3.73. The van der Waals surface area contributed by atoms with Crippen molar-refractivity contribution in [3.63, 3.8) is 0 Å². The van der Waals surface area contributed by atoms with E-state index in [-0.39, 0.29) is 12.4 Å². The molecule has 0 bridgehead atoms. The fourth-order valence-corrected chi connectivity index (χ4v) is 2.51. The molecule has 0 aromatic heterocycles. The first-order valence-corrected chi connectivity index (χ1v) is 6.65. The van der Waals surface area contributed by atoms with E-state index in [1.807, 2.05) is 18.9 Å². The van der Waals surface area contributed by atoms with Crippen LogP contribution in [-0.2, 0) is 4.84 Å². The van der Waals surface area contributed by atoms with Crippen molar-refractivity contribution < 1.29 is 4.84 Å². The highest BCUT2D eigenvalue weighted by Crippen LogP contribution is 2.10. The topological polar surface area (TPSA) is 39.8 Å². The third-order valence-electron chi connectivity index (χ3n) is 2.85. The second-order valence-corrected chi connectivity index (χ2v) is 4.89. The smallest absolute Gasteiger partial charge is 0.128 e. The molecule has 2 unspecified atom stereocenters. The fourth-order valence-electron chi connectivity index (χ4n) is 1.98. The number of nitrogens with zero attached hydrogens (tertiary/aromatic N) is 2. The molecule has 15 heavy (non-hydrogen) atoms. The van der Waals surface area contributed by atoms with Gasteiger partial charge in [-0.1, -0.05) is 11.9 Å². The zero-order valence-electron chi connectivity index (χ0n) is 9.40.